The molecule has 1 aliphatic heterocycles. The summed E-state index contributed by atoms with van der Waals surface area (Å²) in [6.07, 6.45) is 4.64. The van der Waals surface area contributed by atoms with Crippen LogP contribution in [0.5, 0.6) is 17.2 Å². The van der Waals surface area contributed by atoms with Gasteiger partial charge in [-0.3, -0.25) is 4.90 Å². The average molecular weight is 516 g/mol. The molecule has 1 fully saturated rings. The Hall–Kier alpha value is -2.78. The van der Waals surface area contributed by atoms with Crippen molar-refractivity contribution in [3.05, 3.63) is 71.3 Å². The Bertz CT molecular complexity index is 1110. The summed E-state index contributed by atoms with van der Waals surface area (Å²) in [6.45, 7) is 6.05. The third-order valence-corrected chi connectivity index (χ3v) is 6.37. The van der Waals surface area contributed by atoms with Crippen LogP contribution in [0, 0.1) is 6.92 Å². The van der Waals surface area contributed by atoms with Crippen molar-refractivity contribution in [2.24, 2.45) is 0 Å². The van der Waals surface area contributed by atoms with Gasteiger partial charge in [-0.2, -0.15) is 0 Å². The number of halogens is 1. The number of aliphatic hydroxyl groups is 1. The number of β-amino-alcohol motifs (C(OH)–C–C–N with tert-alkyl or cyclic N) is 1. The zero-order chi connectivity index (χ0) is 25.4. The lowest BCUT2D eigenvalue weighted by atomic mass is 10.1. The number of rotatable bonds is 11. The molecule has 1 N–H and O–H groups in total. The smallest absolute Gasteiger partial charge is 0.161 e. The Labute approximate surface area is 217 Å². The van der Waals surface area contributed by atoms with Crippen LogP contribution in [0.4, 0.5) is 0 Å². The lowest BCUT2D eigenvalue weighted by Gasteiger charge is -2.30. The number of hydrogen-bond donors (Lipinski definition) is 1. The molecule has 2 aromatic carbocycles. The van der Waals surface area contributed by atoms with Gasteiger partial charge in [0.25, 0.3) is 0 Å². The second-order valence-corrected chi connectivity index (χ2v) is 9.52. The molecule has 8 nitrogen and oxygen atoms in total. The molecule has 0 spiro atoms. The maximum Gasteiger partial charge on any atom is 0.161 e. The van der Waals surface area contributed by atoms with Gasteiger partial charge >= 0.3 is 0 Å². The van der Waals surface area contributed by atoms with E-state index >= 15 is 0 Å². The molecule has 1 unspecified atom stereocenters. The van der Waals surface area contributed by atoms with E-state index in [9.17, 15) is 5.11 Å². The van der Waals surface area contributed by atoms with Crippen molar-refractivity contribution in [1.82, 2.24) is 14.5 Å². The highest BCUT2D eigenvalue weighted by Gasteiger charge is 2.33. The summed E-state index contributed by atoms with van der Waals surface area (Å²) in [4.78, 5) is 6.43. The Morgan fingerprint density at radius 3 is 2.72 bits per heavy atom. The molecule has 1 saturated heterocycles. The number of imidazole rings is 1. The monoisotopic (exact) mass is 515 g/mol. The fourth-order valence-electron chi connectivity index (χ4n) is 4.22. The van der Waals surface area contributed by atoms with Gasteiger partial charge in [-0.1, -0.05) is 17.7 Å². The number of methoxy groups -OCH3 is 1. The Balaban J connectivity index is 1.34. The SMILES string of the molecule is COc1ccc(CN2CCOCC(O)(COc3ccc(Cl)cc3)C2)cc1OCCCn1ccnc1C. The summed E-state index contributed by atoms with van der Waals surface area (Å²) in [6, 6.07) is 13.1. The number of benzene rings is 2. The van der Waals surface area contributed by atoms with E-state index < -0.39 is 5.60 Å². The Morgan fingerprint density at radius 2 is 1.97 bits per heavy atom. The molecule has 0 saturated carbocycles. The van der Waals surface area contributed by atoms with Crippen LogP contribution in [0.2, 0.25) is 5.02 Å². The van der Waals surface area contributed by atoms with E-state index in [4.69, 9.17) is 30.5 Å². The van der Waals surface area contributed by atoms with Gasteiger partial charge in [-0.15, -0.1) is 0 Å². The molecule has 4 rings (SSSR count). The molecular formula is C27H34ClN3O5. The molecular weight excluding hydrogens is 482 g/mol. The van der Waals surface area contributed by atoms with E-state index in [1.54, 1.807) is 37.6 Å². The molecule has 3 aromatic rings. The Morgan fingerprint density at radius 1 is 1.14 bits per heavy atom. The summed E-state index contributed by atoms with van der Waals surface area (Å²) < 4.78 is 25.2. The van der Waals surface area contributed by atoms with E-state index in [2.05, 4.69) is 14.5 Å². The fourth-order valence-corrected chi connectivity index (χ4v) is 4.34. The van der Waals surface area contributed by atoms with Crippen LogP contribution < -0.4 is 14.2 Å². The molecule has 0 aliphatic carbocycles. The highest BCUT2D eigenvalue weighted by Crippen LogP contribution is 2.29. The molecule has 1 atom stereocenters. The van der Waals surface area contributed by atoms with Gasteiger partial charge in [-0.05, 0) is 55.3 Å². The highest BCUT2D eigenvalue weighted by atomic mass is 35.5. The molecule has 194 valence electrons. The van der Waals surface area contributed by atoms with Crippen molar-refractivity contribution in [2.45, 2.75) is 32.0 Å². The highest BCUT2D eigenvalue weighted by molar-refractivity contribution is 6.30. The second-order valence-electron chi connectivity index (χ2n) is 9.09. The minimum atomic E-state index is -1.13. The predicted octanol–water partition coefficient (Wildman–Crippen LogP) is 3.96. The van der Waals surface area contributed by atoms with Crippen molar-refractivity contribution >= 4 is 11.6 Å². The molecule has 0 radical (unpaired) electrons. The zero-order valence-electron chi connectivity index (χ0n) is 20.9. The van der Waals surface area contributed by atoms with Crippen molar-refractivity contribution in [2.75, 3.05) is 46.6 Å². The molecule has 0 bridgehead atoms. The van der Waals surface area contributed by atoms with Gasteiger partial charge in [0.15, 0.2) is 11.5 Å². The molecule has 36 heavy (non-hydrogen) atoms. The molecule has 1 aliphatic rings. The maximum absolute atomic E-state index is 11.2. The first-order valence-electron chi connectivity index (χ1n) is 12.1. The third-order valence-electron chi connectivity index (χ3n) is 6.12. The summed E-state index contributed by atoms with van der Waals surface area (Å²) >= 11 is 5.95. The largest absolute Gasteiger partial charge is 0.493 e. The predicted molar refractivity (Wildman–Crippen MR) is 138 cm³/mol. The molecule has 2 heterocycles. The molecule has 0 amide bonds. The minimum absolute atomic E-state index is 0.124. The first kappa shape index (κ1) is 26.3. The van der Waals surface area contributed by atoms with Crippen molar-refractivity contribution in [3.8, 4) is 17.2 Å². The van der Waals surface area contributed by atoms with Crippen LogP contribution in [-0.2, 0) is 17.8 Å². The topological polar surface area (TPSA) is 78.2 Å². The lowest BCUT2D eigenvalue weighted by molar-refractivity contribution is -0.0646. The van der Waals surface area contributed by atoms with Crippen LogP contribution in [-0.4, -0.2) is 71.8 Å². The van der Waals surface area contributed by atoms with E-state index in [1.807, 2.05) is 31.3 Å². The van der Waals surface area contributed by atoms with E-state index in [0.29, 0.717) is 55.1 Å². The quantitative estimate of drug-likeness (QED) is 0.387. The zero-order valence-corrected chi connectivity index (χ0v) is 21.6. The van der Waals surface area contributed by atoms with Crippen LogP contribution in [0.15, 0.2) is 54.9 Å². The number of aryl methyl sites for hydroxylation is 2. The standard InChI is InChI=1S/C27H34ClN3O5/c1-21-29-10-12-31(21)11-3-14-35-26-16-22(4-9-25(26)33-2)17-30-13-15-34-19-27(32,18-30)20-36-24-7-5-23(28)6-8-24/h4-10,12,16,32H,3,11,13-15,17-20H2,1-2H3. The molecule has 1 aromatic heterocycles. The number of ether oxygens (including phenoxy) is 4. The van der Waals surface area contributed by atoms with Crippen LogP contribution >= 0.6 is 11.6 Å². The summed E-state index contributed by atoms with van der Waals surface area (Å²) in [7, 11) is 1.64. The van der Waals surface area contributed by atoms with E-state index in [-0.39, 0.29) is 13.2 Å². The first-order valence-corrected chi connectivity index (χ1v) is 12.5. The third kappa shape index (κ3) is 7.36. The normalized spacial score (nSPS) is 18.6. The number of aromatic nitrogens is 2. The summed E-state index contributed by atoms with van der Waals surface area (Å²) in [5, 5.41) is 11.9. The minimum Gasteiger partial charge on any atom is -0.493 e. The van der Waals surface area contributed by atoms with Crippen LogP contribution in [0.3, 0.4) is 0 Å². The van der Waals surface area contributed by atoms with Crippen molar-refractivity contribution in [1.29, 1.82) is 0 Å². The molecule has 9 heteroatoms. The second kappa shape index (κ2) is 12.5. The van der Waals surface area contributed by atoms with Gasteiger partial charge in [0.05, 0.1) is 26.9 Å². The average Bonchev–Trinajstić information content (AvgIpc) is 3.19. The Kier molecular flexibility index (Phi) is 9.09. The van der Waals surface area contributed by atoms with Crippen molar-refractivity contribution in [3.63, 3.8) is 0 Å². The van der Waals surface area contributed by atoms with Crippen molar-refractivity contribution < 1.29 is 24.1 Å². The maximum atomic E-state index is 11.2. The van der Waals surface area contributed by atoms with Gasteiger partial charge < -0.3 is 28.6 Å². The van der Waals surface area contributed by atoms with E-state index in [0.717, 1.165) is 24.4 Å². The first-order chi connectivity index (χ1) is 17.4. The number of nitrogens with zero attached hydrogens (tertiary/aromatic N) is 3. The van der Waals surface area contributed by atoms with Gasteiger partial charge in [0.2, 0.25) is 0 Å². The summed E-state index contributed by atoms with van der Waals surface area (Å²) in [5.41, 5.74) is -0.0629. The van der Waals surface area contributed by atoms with Gasteiger partial charge in [-0.25, -0.2) is 4.98 Å². The number of hydrogen-bond acceptors (Lipinski definition) is 7. The fraction of sp³-hybridized carbons (Fsp3) is 0.444. The van der Waals surface area contributed by atoms with Crippen LogP contribution in [0.25, 0.3) is 0 Å². The van der Waals surface area contributed by atoms with Gasteiger partial charge in [0, 0.05) is 43.6 Å². The van der Waals surface area contributed by atoms with Gasteiger partial charge in [0.1, 0.15) is 23.8 Å². The lowest BCUT2D eigenvalue weighted by Crippen LogP contribution is -2.48. The van der Waals surface area contributed by atoms with Crippen LogP contribution in [0.1, 0.15) is 17.8 Å². The summed E-state index contributed by atoms with van der Waals surface area (Å²) in [5.74, 6) is 3.06. The van der Waals surface area contributed by atoms with E-state index in [1.165, 1.54) is 0 Å².